The normalized spacial score (nSPS) is 8.93. The fraction of sp³-hybridized carbons (Fsp3) is 0.800. The Bertz CT molecular complexity index is 164. The van der Waals surface area contributed by atoms with Gasteiger partial charge in [0.15, 0.2) is 0 Å². The highest BCUT2D eigenvalue weighted by Crippen LogP contribution is 1.91. The highest BCUT2D eigenvalue weighted by Gasteiger charge is 1.93. The molecule has 14 heavy (non-hydrogen) atoms. The fourth-order valence-electron chi connectivity index (χ4n) is 0.660. The minimum Gasteiger partial charge on any atom is -0.481 e. The van der Waals surface area contributed by atoms with E-state index in [1.807, 2.05) is 20.8 Å². The Hall–Kier alpha value is -1.06. The van der Waals surface area contributed by atoms with E-state index < -0.39 is 5.97 Å². The average molecular weight is 204 g/mol. The Labute approximate surface area is 85.3 Å². The van der Waals surface area contributed by atoms with Gasteiger partial charge < -0.3 is 9.84 Å². The lowest BCUT2D eigenvalue weighted by Crippen LogP contribution is -2.06. The van der Waals surface area contributed by atoms with Gasteiger partial charge in [-0.15, -0.1) is 0 Å². The highest BCUT2D eigenvalue weighted by atomic mass is 16.5. The zero-order valence-electron chi connectivity index (χ0n) is 9.37. The summed E-state index contributed by atoms with van der Waals surface area (Å²) in [7, 11) is 0. The molecule has 0 aliphatic heterocycles. The molecule has 0 fully saturated rings. The number of carbonyl (C=O) groups excluding carboxylic acids is 1. The van der Waals surface area contributed by atoms with Crippen molar-refractivity contribution < 1.29 is 19.4 Å². The number of esters is 1. The van der Waals surface area contributed by atoms with E-state index in [4.69, 9.17) is 5.11 Å². The Morgan fingerprint density at radius 1 is 1.36 bits per heavy atom. The lowest BCUT2D eigenvalue weighted by atomic mass is 10.3. The highest BCUT2D eigenvalue weighted by molar-refractivity contribution is 5.66. The third-order valence-electron chi connectivity index (χ3n) is 1.15. The SMILES string of the molecule is CC(=O)OC(C)C.CCCCC(=O)O. The van der Waals surface area contributed by atoms with E-state index in [9.17, 15) is 9.59 Å². The van der Waals surface area contributed by atoms with Gasteiger partial charge in [0.1, 0.15) is 0 Å². The van der Waals surface area contributed by atoms with E-state index in [0.29, 0.717) is 6.42 Å². The molecule has 4 nitrogen and oxygen atoms in total. The lowest BCUT2D eigenvalue weighted by Gasteiger charge is -2.01. The Kier molecular flexibility index (Phi) is 11.0. The predicted molar refractivity (Wildman–Crippen MR) is 54.1 cm³/mol. The summed E-state index contributed by atoms with van der Waals surface area (Å²) >= 11 is 0. The summed E-state index contributed by atoms with van der Waals surface area (Å²) in [4.78, 5) is 19.8. The molecule has 0 spiro atoms. The van der Waals surface area contributed by atoms with Gasteiger partial charge in [-0.2, -0.15) is 0 Å². The summed E-state index contributed by atoms with van der Waals surface area (Å²) in [5.41, 5.74) is 0. The molecular formula is C10H20O4. The van der Waals surface area contributed by atoms with Gasteiger partial charge in [-0.1, -0.05) is 13.3 Å². The van der Waals surface area contributed by atoms with Gasteiger partial charge in [-0.05, 0) is 20.3 Å². The molecule has 0 saturated heterocycles. The van der Waals surface area contributed by atoms with Crippen molar-refractivity contribution in [1.29, 1.82) is 0 Å². The van der Waals surface area contributed by atoms with E-state index in [0.717, 1.165) is 12.8 Å². The first-order chi connectivity index (χ1) is 6.40. The van der Waals surface area contributed by atoms with E-state index >= 15 is 0 Å². The second-order valence-corrected chi connectivity index (χ2v) is 3.16. The number of carboxylic acid groups (broad SMARTS) is 1. The number of rotatable bonds is 4. The maximum Gasteiger partial charge on any atom is 0.303 e. The fourth-order valence-corrected chi connectivity index (χ4v) is 0.660. The summed E-state index contributed by atoms with van der Waals surface area (Å²) in [5.74, 6) is -0.906. The van der Waals surface area contributed by atoms with Crippen LogP contribution < -0.4 is 0 Å². The number of unbranched alkanes of at least 4 members (excludes halogenated alkanes) is 1. The third-order valence-corrected chi connectivity index (χ3v) is 1.15. The molecule has 0 rings (SSSR count). The summed E-state index contributed by atoms with van der Waals surface area (Å²) in [5, 5.41) is 8.04. The van der Waals surface area contributed by atoms with E-state index in [1.54, 1.807) is 0 Å². The molecule has 4 heteroatoms. The van der Waals surface area contributed by atoms with Crippen molar-refractivity contribution in [3.05, 3.63) is 0 Å². The molecule has 0 heterocycles. The summed E-state index contributed by atoms with van der Waals surface area (Å²) in [6, 6.07) is 0. The van der Waals surface area contributed by atoms with Crippen LogP contribution in [0.5, 0.6) is 0 Å². The molecule has 0 saturated carbocycles. The molecular weight excluding hydrogens is 184 g/mol. The van der Waals surface area contributed by atoms with Crippen molar-refractivity contribution in [3.8, 4) is 0 Å². The van der Waals surface area contributed by atoms with Crippen LogP contribution in [0.2, 0.25) is 0 Å². The van der Waals surface area contributed by atoms with Gasteiger partial charge >= 0.3 is 11.9 Å². The van der Waals surface area contributed by atoms with Crippen LogP contribution in [0, 0.1) is 0 Å². The first-order valence-electron chi connectivity index (χ1n) is 4.79. The minimum atomic E-state index is -0.693. The van der Waals surface area contributed by atoms with Crippen molar-refractivity contribution in [2.45, 2.75) is 53.1 Å². The number of carbonyl (C=O) groups is 2. The zero-order chi connectivity index (χ0) is 11.6. The number of carboxylic acids is 1. The summed E-state index contributed by atoms with van der Waals surface area (Å²) < 4.78 is 4.61. The largest absolute Gasteiger partial charge is 0.481 e. The maximum absolute atomic E-state index is 10.0. The number of aliphatic carboxylic acids is 1. The van der Waals surface area contributed by atoms with Crippen molar-refractivity contribution in [2.24, 2.45) is 0 Å². The Morgan fingerprint density at radius 3 is 1.93 bits per heavy atom. The lowest BCUT2D eigenvalue weighted by molar-refractivity contribution is -0.144. The quantitative estimate of drug-likeness (QED) is 0.713. The molecule has 0 aliphatic carbocycles. The topological polar surface area (TPSA) is 63.6 Å². The standard InChI is InChI=1S/2C5H10O2/c1-4(2)7-5(3)6;1-2-3-4-5(6)7/h4H,1-3H3;2-4H2,1H3,(H,6,7). The molecule has 0 aliphatic rings. The zero-order valence-corrected chi connectivity index (χ0v) is 9.37. The van der Waals surface area contributed by atoms with Gasteiger partial charge in [-0.3, -0.25) is 9.59 Å². The molecule has 1 N–H and O–H groups in total. The summed E-state index contributed by atoms with van der Waals surface area (Å²) in [6.45, 7) is 7.02. The van der Waals surface area contributed by atoms with Crippen LogP contribution in [0.3, 0.4) is 0 Å². The van der Waals surface area contributed by atoms with Crippen LogP contribution in [-0.4, -0.2) is 23.1 Å². The molecule has 0 aromatic carbocycles. The second-order valence-electron chi connectivity index (χ2n) is 3.16. The van der Waals surface area contributed by atoms with Gasteiger partial charge in [0, 0.05) is 13.3 Å². The molecule has 0 bridgehead atoms. The van der Waals surface area contributed by atoms with Gasteiger partial charge in [0.2, 0.25) is 0 Å². The minimum absolute atomic E-state index is 0.0255. The molecule has 0 unspecified atom stereocenters. The average Bonchev–Trinajstić information content (AvgIpc) is 1.99. The van der Waals surface area contributed by atoms with E-state index in [-0.39, 0.29) is 12.1 Å². The van der Waals surface area contributed by atoms with Gasteiger partial charge in [0.05, 0.1) is 6.10 Å². The van der Waals surface area contributed by atoms with Crippen molar-refractivity contribution in [2.75, 3.05) is 0 Å². The molecule has 0 amide bonds. The first-order valence-corrected chi connectivity index (χ1v) is 4.79. The molecule has 0 aromatic heterocycles. The van der Waals surface area contributed by atoms with Crippen molar-refractivity contribution in [1.82, 2.24) is 0 Å². The third kappa shape index (κ3) is 22.4. The second kappa shape index (κ2) is 10.0. The van der Waals surface area contributed by atoms with Crippen LogP contribution in [0.15, 0.2) is 0 Å². The van der Waals surface area contributed by atoms with Crippen LogP contribution in [-0.2, 0) is 14.3 Å². The molecule has 0 radical (unpaired) electrons. The van der Waals surface area contributed by atoms with Crippen molar-refractivity contribution in [3.63, 3.8) is 0 Å². The summed E-state index contributed by atoms with van der Waals surface area (Å²) in [6.07, 6.45) is 2.11. The van der Waals surface area contributed by atoms with Crippen LogP contribution in [0.4, 0.5) is 0 Å². The van der Waals surface area contributed by atoms with E-state index in [1.165, 1.54) is 6.92 Å². The predicted octanol–water partition coefficient (Wildman–Crippen LogP) is 2.22. The molecule has 84 valence electrons. The van der Waals surface area contributed by atoms with Crippen LogP contribution in [0.1, 0.15) is 47.0 Å². The Balaban J connectivity index is 0. The van der Waals surface area contributed by atoms with Crippen LogP contribution in [0.25, 0.3) is 0 Å². The molecule has 0 atom stereocenters. The number of ether oxygens (including phenoxy) is 1. The van der Waals surface area contributed by atoms with Gasteiger partial charge in [0.25, 0.3) is 0 Å². The molecule has 0 aromatic rings. The van der Waals surface area contributed by atoms with Crippen molar-refractivity contribution >= 4 is 11.9 Å². The first kappa shape index (κ1) is 15.4. The smallest absolute Gasteiger partial charge is 0.303 e. The van der Waals surface area contributed by atoms with Gasteiger partial charge in [-0.25, -0.2) is 0 Å². The number of hydrogen-bond donors (Lipinski definition) is 1. The Morgan fingerprint density at radius 2 is 1.86 bits per heavy atom. The number of hydrogen-bond acceptors (Lipinski definition) is 3. The maximum atomic E-state index is 10.0. The van der Waals surface area contributed by atoms with E-state index in [2.05, 4.69) is 4.74 Å². The van der Waals surface area contributed by atoms with Crippen LogP contribution >= 0.6 is 0 Å². The monoisotopic (exact) mass is 204 g/mol.